The molecule has 0 spiro atoms. The summed E-state index contributed by atoms with van der Waals surface area (Å²) in [6, 6.07) is 1.17. The molecule has 1 fully saturated rings. The van der Waals surface area contributed by atoms with E-state index >= 15 is 0 Å². The Morgan fingerprint density at radius 3 is 2.87 bits per heavy atom. The lowest BCUT2D eigenvalue weighted by Crippen LogP contribution is -2.40. The summed E-state index contributed by atoms with van der Waals surface area (Å²) in [5.74, 6) is -3.31. The summed E-state index contributed by atoms with van der Waals surface area (Å²) < 4.78 is 35.5. The molecule has 4 heterocycles. The molecule has 11 nitrogen and oxygen atoms in total. The van der Waals surface area contributed by atoms with E-state index in [1.54, 1.807) is 13.8 Å². The normalized spacial score (nSPS) is 18.0. The fraction of sp³-hybridized carbons (Fsp3) is 0.389. The first kappa shape index (κ1) is 20.5. The van der Waals surface area contributed by atoms with Gasteiger partial charge in [-0.15, -0.1) is 0 Å². The number of halogens is 2. The van der Waals surface area contributed by atoms with Gasteiger partial charge in [0, 0.05) is 24.6 Å². The summed E-state index contributed by atoms with van der Waals surface area (Å²) in [4.78, 5) is 45.2. The Bertz CT molecular complexity index is 1250. The molecule has 1 aliphatic rings. The molecule has 1 atom stereocenters. The van der Waals surface area contributed by atoms with Crippen LogP contribution < -0.4 is 21.5 Å². The van der Waals surface area contributed by atoms with E-state index in [9.17, 15) is 23.2 Å². The molecule has 0 saturated carbocycles. The van der Waals surface area contributed by atoms with Crippen LogP contribution in [0.5, 0.6) is 0 Å². The zero-order valence-electron chi connectivity index (χ0n) is 16.6. The number of nitrogens with one attached hydrogen (secondary N) is 3. The molecule has 0 aliphatic carbocycles. The zero-order chi connectivity index (χ0) is 22.3. The maximum absolute atomic E-state index is 14.6. The number of imidazole rings is 1. The number of alkyl carbamates (subject to hydrolysis) is 1. The predicted molar refractivity (Wildman–Crippen MR) is 105 cm³/mol. The Balaban J connectivity index is 1.71. The van der Waals surface area contributed by atoms with E-state index in [0.29, 0.717) is 0 Å². The van der Waals surface area contributed by atoms with Gasteiger partial charge in [-0.1, -0.05) is 0 Å². The van der Waals surface area contributed by atoms with Crippen molar-refractivity contribution in [3.05, 3.63) is 45.5 Å². The molecule has 4 rings (SSSR count). The Labute approximate surface area is 173 Å². The number of nitrogens with zero attached hydrogens (tertiary/aromatic N) is 4. The number of aromatic amines is 2. The molecule has 1 saturated heterocycles. The maximum Gasteiger partial charge on any atom is 0.407 e. The summed E-state index contributed by atoms with van der Waals surface area (Å²) in [5.41, 5.74) is -0.616. The maximum atomic E-state index is 14.6. The van der Waals surface area contributed by atoms with Gasteiger partial charge < -0.3 is 19.9 Å². The van der Waals surface area contributed by atoms with Crippen LogP contribution in [0.3, 0.4) is 0 Å². The minimum Gasteiger partial charge on any atom is -0.438 e. The zero-order valence-corrected chi connectivity index (χ0v) is 16.6. The Kier molecular flexibility index (Phi) is 4.95. The third kappa shape index (κ3) is 3.98. The number of anilines is 1. The minimum absolute atomic E-state index is 0.0477. The lowest BCUT2D eigenvalue weighted by Gasteiger charge is -2.19. The van der Waals surface area contributed by atoms with Crippen molar-refractivity contribution >= 4 is 17.4 Å². The highest BCUT2D eigenvalue weighted by Crippen LogP contribution is 2.35. The van der Waals surface area contributed by atoms with E-state index in [-0.39, 0.29) is 35.2 Å². The molecule has 13 heteroatoms. The van der Waals surface area contributed by atoms with Crippen LogP contribution in [-0.2, 0) is 4.74 Å². The largest absolute Gasteiger partial charge is 0.438 e. The van der Waals surface area contributed by atoms with Gasteiger partial charge in [0.25, 0.3) is 5.56 Å². The first-order valence-electron chi connectivity index (χ1n) is 9.41. The van der Waals surface area contributed by atoms with Gasteiger partial charge in [-0.05, 0) is 19.9 Å². The number of alkyl halides is 2. The van der Waals surface area contributed by atoms with Crippen molar-refractivity contribution in [3.63, 3.8) is 0 Å². The monoisotopic (exact) mass is 435 g/mol. The molecular formula is C18H19F2N7O4. The minimum atomic E-state index is -3.31. The van der Waals surface area contributed by atoms with Gasteiger partial charge in [0.1, 0.15) is 5.69 Å². The molecule has 3 aromatic rings. The van der Waals surface area contributed by atoms with Crippen LogP contribution >= 0.6 is 0 Å². The summed E-state index contributed by atoms with van der Waals surface area (Å²) in [6.45, 7) is 2.37. The van der Waals surface area contributed by atoms with Gasteiger partial charge >= 0.3 is 17.7 Å². The van der Waals surface area contributed by atoms with Crippen LogP contribution in [0.4, 0.5) is 19.3 Å². The quantitative estimate of drug-likeness (QED) is 0.549. The second-order valence-corrected chi connectivity index (χ2v) is 7.43. The SMILES string of the molecule is CC(C)NC(=O)O[C@@H]1CN(c2cc(-c3c[nH]c(=O)[nH]c3=O)nn3ccnc23)CC1(F)F. The molecular weight excluding hydrogens is 416 g/mol. The highest BCUT2D eigenvalue weighted by atomic mass is 19.3. The molecule has 3 N–H and O–H groups in total. The second kappa shape index (κ2) is 7.49. The van der Waals surface area contributed by atoms with Gasteiger partial charge in [-0.25, -0.2) is 27.9 Å². The number of H-pyrrole nitrogens is 2. The van der Waals surface area contributed by atoms with Gasteiger partial charge in [0.05, 0.1) is 24.3 Å². The lowest BCUT2D eigenvalue weighted by molar-refractivity contribution is -0.0765. The third-order valence-corrected chi connectivity index (χ3v) is 4.69. The molecule has 1 amide bonds. The number of fused-ring (bicyclic) bond motifs is 1. The van der Waals surface area contributed by atoms with Crippen LogP contribution in [-0.4, -0.2) is 61.8 Å². The van der Waals surface area contributed by atoms with Crippen LogP contribution in [0, 0.1) is 0 Å². The molecule has 31 heavy (non-hydrogen) atoms. The van der Waals surface area contributed by atoms with Crippen molar-refractivity contribution in [2.45, 2.75) is 31.9 Å². The molecule has 3 aromatic heterocycles. The molecule has 0 radical (unpaired) electrons. The van der Waals surface area contributed by atoms with Crippen molar-refractivity contribution in [2.75, 3.05) is 18.0 Å². The highest BCUT2D eigenvalue weighted by Gasteiger charge is 2.51. The van der Waals surface area contributed by atoms with Crippen LogP contribution in [0.1, 0.15) is 13.8 Å². The average molecular weight is 435 g/mol. The van der Waals surface area contributed by atoms with Gasteiger partial charge in [0.2, 0.25) is 0 Å². The number of rotatable bonds is 4. The van der Waals surface area contributed by atoms with E-state index < -0.39 is 35.9 Å². The number of hydrogen-bond acceptors (Lipinski definition) is 7. The standard InChI is InChI=1S/C18H19F2N7O4/c1-9(2)23-17(30)31-13-7-26(8-18(13,19)20)12-5-11(25-27-4-3-21-14(12)27)10-6-22-16(29)24-15(10)28/h3-6,9,13H,7-8H2,1-2H3,(H,23,30)(H2,22,24,28,29)/t13-/m1/s1. The Hall–Kier alpha value is -3.77. The topological polar surface area (TPSA) is 137 Å². The van der Waals surface area contributed by atoms with Crippen LogP contribution in [0.2, 0.25) is 0 Å². The number of carbonyl (C=O) groups is 1. The van der Waals surface area contributed by atoms with E-state index in [4.69, 9.17) is 4.74 Å². The first-order chi connectivity index (χ1) is 14.6. The Morgan fingerprint density at radius 2 is 2.16 bits per heavy atom. The van der Waals surface area contributed by atoms with Crippen molar-refractivity contribution in [3.8, 4) is 11.3 Å². The van der Waals surface area contributed by atoms with E-state index in [0.717, 1.165) is 0 Å². The molecule has 0 bridgehead atoms. The summed E-state index contributed by atoms with van der Waals surface area (Å²) in [7, 11) is 0. The van der Waals surface area contributed by atoms with Gasteiger partial charge in [-0.3, -0.25) is 9.78 Å². The van der Waals surface area contributed by atoms with Crippen LogP contribution in [0.15, 0.2) is 34.2 Å². The molecule has 0 unspecified atom stereocenters. The lowest BCUT2D eigenvalue weighted by atomic mass is 10.2. The predicted octanol–water partition coefficient (Wildman–Crippen LogP) is 0.731. The smallest absolute Gasteiger partial charge is 0.407 e. The third-order valence-electron chi connectivity index (χ3n) is 4.69. The van der Waals surface area contributed by atoms with E-state index in [1.807, 2.05) is 0 Å². The van der Waals surface area contributed by atoms with E-state index in [1.165, 1.54) is 34.1 Å². The number of hydrogen-bond donors (Lipinski definition) is 3. The van der Waals surface area contributed by atoms with Crippen molar-refractivity contribution in [2.24, 2.45) is 0 Å². The summed E-state index contributed by atoms with van der Waals surface area (Å²) in [6.07, 6.45) is 1.53. The number of amides is 1. The first-order valence-corrected chi connectivity index (χ1v) is 9.41. The van der Waals surface area contributed by atoms with Crippen molar-refractivity contribution < 1.29 is 18.3 Å². The average Bonchev–Trinajstić information content (AvgIpc) is 3.24. The van der Waals surface area contributed by atoms with Crippen molar-refractivity contribution in [1.29, 1.82) is 0 Å². The second-order valence-electron chi connectivity index (χ2n) is 7.43. The van der Waals surface area contributed by atoms with E-state index in [2.05, 4.69) is 25.4 Å². The summed E-state index contributed by atoms with van der Waals surface area (Å²) >= 11 is 0. The fourth-order valence-electron chi connectivity index (χ4n) is 3.32. The highest BCUT2D eigenvalue weighted by molar-refractivity contribution is 5.75. The summed E-state index contributed by atoms with van der Waals surface area (Å²) in [5, 5.41) is 6.69. The van der Waals surface area contributed by atoms with Gasteiger partial charge in [-0.2, -0.15) is 5.10 Å². The number of carbonyl (C=O) groups excluding carboxylic acids is 1. The molecule has 0 aromatic carbocycles. The fourth-order valence-corrected chi connectivity index (χ4v) is 3.32. The Morgan fingerprint density at radius 1 is 1.39 bits per heavy atom. The van der Waals surface area contributed by atoms with Gasteiger partial charge in [0.15, 0.2) is 11.8 Å². The molecule has 164 valence electrons. The molecule has 1 aliphatic heterocycles. The number of aromatic nitrogens is 5. The van der Waals surface area contributed by atoms with Crippen molar-refractivity contribution in [1.82, 2.24) is 29.9 Å². The van der Waals surface area contributed by atoms with Crippen LogP contribution in [0.25, 0.3) is 16.9 Å². The number of ether oxygens (including phenoxy) is 1.